The minimum atomic E-state index is -1.38. The van der Waals surface area contributed by atoms with E-state index in [1.54, 1.807) is 13.8 Å². The van der Waals surface area contributed by atoms with Crippen LogP contribution in [-0.4, -0.2) is 35.9 Å². The van der Waals surface area contributed by atoms with E-state index in [-0.39, 0.29) is 11.8 Å². The zero-order valence-electron chi connectivity index (χ0n) is 14.2. The number of hydrogen-bond acceptors (Lipinski definition) is 4. The fraction of sp³-hybridized carbons (Fsp3) is 0.471. The van der Waals surface area contributed by atoms with E-state index in [0.717, 1.165) is 5.56 Å². The molecule has 1 aromatic rings. The summed E-state index contributed by atoms with van der Waals surface area (Å²) in [5.74, 6) is -2.49. The monoisotopic (exact) mass is 335 g/mol. The number of rotatable bonds is 8. The van der Waals surface area contributed by atoms with Gasteiger partial charge in [-0.15, -0.1) is 0 Å². The maximum atomic E-state index is 12.3. The Hall–Kier alpha value is -2.41. The average Bonchev–Trinajstić information content (AvgIpc) is 2.52. The standard InChI is InChI=1S/C17H25N3O4/c1-10(2)14(16(22)19-11(3)17(23)24)20-15(21)13(18)9-12-7-5-4-6-8-12/h4-8,10-11,13-14H,9,18H2,1-3H3,(H,19,22)(H,20,21)(H,23,24). The van der Waals surface area contributed by atoms with Crippen LogP contribution < -0.4 is 21.5 Å². The maximum Gasteiger partial charge on any atom is 0.279 e. The van der Waals surface area contributed by atoms with E-state index in [1.165, 1.54) is 6.92 Å². The van der Waals surface area contributed by atoms with Crippen LogP contribution in [-0.2, 0) is 20.8 Å². The van der Waals surface area contributed by atoms with Crippen molar-refractivity contribution in [3.8, 4) is 0 Å². The van der Waals surface area contributed by atoms with Crippen molar-refractivity contribution in [3.05, 3.63) is 35.9 Å². The van der Waals surface area contributed by atoms with Crippen molar-refractivity contribution in [1.29, 1.82) is 0 Å². The highest BCUT2D eigenvalue weighted by molar-refractivity contribution is 5.91. The summed E-state index contributed by atoms with van der Waals surface area (Å²) >= 11 is 0. The van der Waals surface area contributed by atoms with Crippen LogP contribution in [0.4, 0.5) is 0 Å². The van der Waals surface area contributed by atoms with E-state index in [0.29, 0.717) is 6.42 Å². The summed E-state index contributed by atoms with van der Waals surface area (Å²) in [6.45, 7) is 4.85. The lowest BCUT2D eigenvalue weighted by Crippen LogP contribution is -2.70. The van der Waals surface area contributed by atoms with Crippen molar-refractivity contribution in [2.24, 2.45) is 5.92 Å². The quantitative estimate of drug-likeness (QED) is 0.520. The first-order valence-electron chi connectivity index (χ1n) is 7.91. The molecule has 3 unspecified atom stereocenters. The summed E-state index contributed by atoms with van der Waals surface area (Å²) in [6, 6.07) is 6.94. The third-order valence-electron chi connectivity index (χ3n) is 3.65. The Morgan fingerprint density at radius 1 is 1.04 bits per heavy atom. The van der Waals surface area contributed by atoms with Crippen molar-refractivity contribution in [3.63, 3.8) is 0 Å². The highest BCUT2D eigenvalue weighted by Crippen LogP contribution is 2.05. The van der Waals surface area contributed by atoms with Gasteiger partial charge in [0.2, 0.25) is 5.91 Å². The van der Waals surface area contributed by atoms with Gasteiger partial charge in [-0.05, 0) is 18.4 Å². The topological polar surface area (TPSA) is 126 Å². The smallest absolute Gasteiger partial charge is 0.279 e. The molecular weight excluding hydrogens is 310 g/mol. The van der Waals surface area contributed by atoms with Gasteiger partial charge < -0.3 is 26.3 Å². The van der Waals surface area contributed by atoms with Crippen molar-refractivity contribution < 1.29 is 25.2 Å². The Morgan fingerprint density at radius 2 is 1.62 bits per heavy atom. The van der Waals surface area contributed by atoms with Gasteiger partial charge in [0.1, 0.15) is 6.04 Å². The van der Waals surface area contributed by atoms with Gasteiger partial charge in [0, 0.05) is 6.42 Å². The first-order chi connectivity index (χ1) is 11.2. The molecule has 0 aliphatic carbocycles. The second kappa shape index (κ2) is 9.02. The summed E-state index contributed by atoms with van der Waals surface area (Å²) in [5, 5.41) is 15.7. The van der Waals surface area contributed by atoms with E-state index >= 15 is 0 Å². The van der Waals surface area contributed by atoms with Crippen LogP contribution in [0.3, 0.4) is 0 Å². The van der Waals surface area contributed by atoms with Gasteiger partial charge in [-0.3, -0.25) is 9.59 Å². The number of nitrogens with one attached hydrogen (secondary N) is 2. The third-order valence-corrected chi connectivity index (χ3v) is 3.65. The van der Waals surface area contributed by atoms with Crippen LogP contribution in [0.15, 0.2) is 30.3 Å². The number of hydrogen-bond donors (Lipinski definition) is 3. The van der Waals surface area contributed by atoms with Crippen LogP contribution in [0.5, 0.6) is 0 Å². The van der Waals surface area contributed by atoms with Gasteiger partial charge in [0.15, 0.2) is 6.04 Å². The van der Waals surface area contributed by atoms with Crippen molar-refractivity contribution in [2.75, 3.05) is 0 Å². The normalized spacial score (nSPS) is 14.5. The second-order valence-corrected chi connectivity index (χ2v) is 6.17. The molecule has 0 fully saturated rings. The SMILES string of the molecule is CC(NC(=O)C(NC(=O)C([NH3+])Cc1ccccc1)C(C)C)C(=O)[O-]. The highest BCUT2D eigenvalue weighted by Gasteiger charge is 2.28. The lowest BCUT2D eigenvalue weighted by atomic mass is 10.0. The molecule has 0 saturated heterocycles. The molecule has 1 rings (SSSR count). The lowest BCUT2D eigenvalue weighted by molar-refractivity contribution is -0.403. The van der Waals surface area contributed by atoms with Crippen LogP contribution >= 0.6 is 0 Å². The molecule has 7 heteroatoms. The summed E-state index contributed by atoms with van der Waals surface area (Å²) < 4.78 is 0. The molecule has 0 bridgehead atoms. The summed E-state index contributed by atoms with van der Waals surface area (Å²) in [6.07, 6.45) is 0.453. The fourth-order valence-corrected chi connectivity index (χ4v) is 2.16. The Kier molecular flexibility index (Phi) is 7.38. The second-order valence-electron chi connectivity index (χ2n) is 6.17. The number of carboxylic acid groups (broad SMARTS) is 1. The molecule has 24 heavy (non-hydrogen) atoms. The van der Waals surface area contributed by atoms with Crippen LogP contribution in [0.1, 0.15) is 26.3 Å². The first kappa shape index (κ1) is 19.6. The van der Waals surface area contributed by atoms with Crippen molar-refractivity contribution in [1.82, 2.24) is 10.6 Å². The summed E-state index contributed by atoms with van der Waals surface area (Å²) in [5.41, 5.74) is 4.82. The summed E-state index contributed by atoms with van der Waals surface area (Å²) in [7, 11) is 0. The molecule has 3 atom stereocenters. The van der Waals surface area contributed by atoms with E-state index < -0.39 is 30.0 Å². The zero-order chi connectivity index (χ0) is 18.3. The van der Waals surface area contributed by atoms with E-state index in [9.17, 15) is 19.5 Å². The molecule has 2 amide bonds. The molecule has 0 aliphatic heterocycles. The number of quaternary nitrogens is 1. The number of benzene rings is 1. The lowest BCUT2D eigenvalue weighted by Gasteiger charge is -2.25. The largest absolute Gasteiger partial charge is 0.548 e. The van der Waals surface area contributed by atoms with E-state index in [2.05, 4.69) is 16.4 Å². The number of carbonyl (C=O) groups excluding carboxylic acids is 3. The highest BCUT2D eigenvalue weighted by atomic mass is 16.4. The fourth-order valence-electron chi connectivity index (χ4n) is 2.16. The van der Waals surface area contributed by atoms with Gasteiger partial charge in [-0.2, -0.15) is 0 Å². The minimum Gasteiger partial charge on any atom is -0.548 e. The van der Waals surface area contributed by atoms with Gasteiger partial charge in [-0.25, -0.2) is 0 Å². The van der Waals surface area contributed by atoms with Crippen molar-refractivity contribution >= 4 is 17.8 Å². The summed E-state index contributed by atoms with van der Waals surface area (Å²) in [4.78, 5) is 35.2. The molecule has 1 aromatic carbocycles. The Balaban J connectivity index is 2.68. The zero-order valence-corrected chi connectivity index (χ0v) is 14.2. The van der Waals surface area contributed by atoms with Crippen LogP contribution in [0.2, 0.25) is 0 Å². The van der Waals surface area contributed by atoms with Gasteiger partial charge in [0.05, 0.1) is 12.0 Å². The molecule has 0 aromatic heterocycles. The number of carboxylic acids is 1. The van der Waals surface area contributed by atoms with Gasteiger partial charge in [0.25, 0.3) is 5.91 Å². The van der Waals surface area contributed by atoms with Crippen molar-refractivity contribution in [2.45, 2.75) is 45.3 Å². The third kappa shape index (κ3) is 6.00. The molecule has 0 aliphatic rings. The van der Waals surface area contributed by atoms with Gasteiger partial charge in [-0.1, -0.05) is 44.2 Å². The van der Waals surface area contributed by atoms with E-state index in [4.69, 9.17) is 0 Å². The number of amides is 2. The maximum absolute atomic E-state index is 12.3. The predicted octanol–water partition coefficient (Wildman–Crippen LogP) is -1.76. The first-order valence-corrected chi connectivity index (χ1v) is 7.91. The average molecular weight is 335 g/mol. The predicted molar refractivity (Wildman–Crippen MR) is 86.2 cm³/mol. The Bertz CT molecular complexity index is 574. The molecule has 0 saturated carbocycles. The van der Waals surface area contributed by atoms with E-state index in [1.807, 2.05) is 30.3 Å². The minimum absolute atomic E-state index is 0.202. The molecule has 5 N–H and O–H groups in total. The molecular formula is C17H25N3O4. The molecule has 0 radical (unpaired) electrons. The van der Waals surface area contributed by atoms with Crippen LogP contribution in [0, 0.1) is 5.92 Å². The Morgan fingerprint density at radius 3 is 2.12 bits per heavy atom. The number of aliphatic carboxylic acids is 1. The Labute approximate surface area is 141 Å². The molecule has 0 spiro atoms. The molecule has 7 nitrogen and oxygen atoms in total. The molecule has 0 heterocycles. The van der Waals surface area contributed by atoms with Crippen LogP contribution in [0.25, 0.3) is 0 Å². The number of carbonyl (C=O) groups is 3. The molecule has 132 valence electrons. The van der Waals surface area contributed by atoms with Gasteiger partial charge >= 0.3 is 0 Å².